The van der Waals surface area contributed by atoms with Gasteiger partial charge in [-0.05, 0) is 25.1 Å². The maximum atomic E-state index is 8.74. The van der Waals surface area contributed by atoms with Gasteiger partial charge in [0.25, 0.3) is 0 Å². The molecule has 0 saturated heterocycles. The Bertz CT molecular complexity index is 456. The van der Waals surface area contributed by atoms with E-state index in [1.807, 2.05) is 31.0 Å². The number of anilines is 1. The van der Waals surface area contributed by atoms with E-state index in [0.717, 1.165) is 5.69 Å². The summed E-state index contributed by atoms with van der Waals surface area (Å²) in [6.45, 7) is 2.50. The number of hydrogen-bond acceptors (Lipinski definition) is 3. The molecule has 0 aromatic heterocycles. The van der Waals surface area contributed by atoms with E-state index >= 15 is 0 Å². The number of hydrogen-bond donors (Lipinski definition) is 0. The van der Waals surface area contributed by atoms with Gasteiger partial charge in [-0.3, -0.25) is 0 Å². The highest BCUT2D eigenvalue weighted by Crippen LogP contribution is 2.22. The van der Waals surface area contributed by atoms with Crippen molar-refractivity contribution >= 4 is 17.3 Å². The fourth-order valence-electron chi connectivity index (χ4n) is 1.39. The van der Waals surface area contributed by atoms with E-state index in [9.17, 15) is 0 Å². The SMILES string of the molecule is CC(C#N)CN(C)c1ccc(C#N)c(Cl)c1. The zero-order valence-corrected chi connectivity index (χ0v) is 9.99. The van der Waals surface area contributed by atoms with Crippen molar-refractivity contribution in [3.63, 3.8) is 0 Å². The van der Waals surface area contributed by atoms with Crippen molar-refractivity contribution in [1.82, 2.24) is 0 Å². The van der Waals surface area contributed by atoms with Gasteiger partial charge in [-0.1, -0.05) is 11.6 Å². The average molecular weight is 234 g/mol. The van der Waals surface area contributed by atoms with Gasteiger partial charge in [0.05, 0.1) is 22.6 Å². The molecule has 0 aliphatic carbocycles. The quantitative estimate of drug-likeness (QED) is 0.807. The molecule has 0 heterocycles. The molecule has 16 heavy (non-hydrogen) atoms. The zero-order valence-electron chi connectivity index (χ0n) is 9.24. The van der Waals surface area contributed by atoms with E-state index < -0.39 is 0 Å². The van der Waals surface area contributed by atoms with Gasteiger partial charge >= 0.3 is 0 Å². The molecule has 0 saturated carbocycles. The third kappa shape index (κ3) is 2.89. The van der Waals surface area contributed by atoms with Crippen molar-refractivity contribution in [2.75, 3.05) is 18.5 Å². The van der Waals surface area contributed by atoms with Crippen LogP contribution in [-0.4, -0.2) is 13.6 Å². The lowest BCUT2D eigenvalue weighted by molar-refractivity contribution is 0.716. The predicted molar refractivity (Wildman–Crippen MR) is 64.2 cm³/mol. The first-order valence-electron chi connectivity index (χ1n) is 4.89. The van der Waals surface area contributed by atoms with Gasteiger partial charge < -0.3 is 4.90 Å². The molecule has 1 unspecified atom stereocenters. The molecule has 0 N–H and O–H groups in total. The van der Waals surface area contributed by atoms with Crippen LogP contribution >= 0.6 is 11.6 Å². The van der Waals surface area contributed by atoms with Crippen LogP contribution < -0.4 is 4.90 Å². The van der Waals surface area contributed by atoms with Crippen molar-refractivity contribution in [2.24, 2.45) is 5.92 Å². The molecular formula is C12H12ClN3. The first-order chi connectivity index (χ1) is 7.58. The standard InChI is InChI=1S/C12H12ClN3/c1-9(6-14)8-16(2)11-4-3-10(7-15)12(13)5-11/h3-5,9H,8H2,1-2H3. The lowest BCUT2D eigenvalue weighted by atomic mass is 10.1. The Kier molecular flexibility index (Phi) is 4.17. The second kappa shape index (κ2) is 5.39. The molecule has 1 aromatic rings. The normalized spacial score (nSPS) is 11.3. The van der Waals surface area contributed by atoms with Crippen LogP contribution in [0.15, 0.2) is 18.2 Å². The summed E-state index contributed by atoms with van der Waals surface area (Å²) in [5, 5.41) is 17.9. The number of nitrogens with zero attached hydrogens (tertiary/aromatic N) is 3. The number of benzene rings is 1. The van der Waals surface area contributed by atoms with Crippen molar-refractivity contribution < 1.29 is 0 Å². The molecule has 0 aliphatic rings. The first-order valence-corrected chi connectivity index (χ1v) is 5.26. The molecule has 0 amide bonds. The fraction of sp³-hybridized carbons (Fsp3) is 0.333. The molecule has 0 fully saturated rings. The second-order valence-corrected chi connectivity index (χ2v) is 4.09. The van der Waals surface area contributed by atoms with Crippen LogP contribution in [0, 0.1) is 28.6 Å². The van der Waals surface area contributed by atoms with Gasteiger partial charge in [-0.2, -0.15) is 10.5 Å². The fourth-order valence-corrected chi connectivity index (χ4v) is 1.61. The lowest BCUT2D eigenvalue weighted by Gasteiger charge is -2.20. The molecule has 0 aliphatic heterocycles. The van der Waals surface area contributed by atoms with E-state index in [0.29, 0.717) is 17.1 Å². The monoisotopic (exact) mass is 233 g/mol. The minimum atomic E-state index is -0.0422. The largest absolute Gasteiger partial charge is 0.373 e. The van der Waals surface area contributed by atoms with Crippen LogP contribution in [0.5, 0.6) is 0 Å². The zero-order chi connectivity index (χ0) is 12.1. The molecule has 1 atom stereocenters. The Labute approximate surface area is 100 Å². The van der Waals surface area contributed by atoms with Gasteiger partial charge in [0.1, 0.15) is 6.07 Å². The summed E-state index contributed by atoms with van der Waals surface area (Å²) in [4.78, 5) is 1.95. The topological polar surface area (TPSA) is 50.8 Å². The van der Waals surface area contributed by atoms with Gasteiger partial charge in [-0.25, -0.2) is 0 Å². The van der Waals surface area contributed by atoms with Crippen LogP contribution in [0.3, 0.4) is 0 Å². The van der Waals surface area contributed by atoms with Crippen molar-refractivity contribution in [2.45, 2.75) is 6.92 Å². The van der Waals surface area contributed by atoms with Crippen LogP contribution in [0.1, 0.15) is 12.5 Å². The highest BCUT2D eigenvalue weighted by atomic mass is 35.5. The van der Waals surface area contributed by atoms with Gasteiger partial charge in [0, 0.05) is 19.3 Å². The number of rotatable bonds is 3. The van der Waals surface area contributed by atoms with Crippen LogP contribution in [0.2, 0.25) is 5.02 Å². The summed E-state index contributed by atoms with van der Waals surface area (Å²) in [5.74, 6) is -0.0422. The van der Waals surface area contributed by atoms with Crippen molar-refractivity contribution in [1.29, 1.82) is 10.5 Å². The predicted octanol–water partition coefficient (Wildman–Crippen LogP) is 2.81. The highest BCUT2D eigenvalue weighted by molar-refractivity contribution is 6.32. The molecule has 82 valence electrons. The van der Waals surface area contributed by atoms with Crippen molar-refractivity contribution in [3.05, 3.63) is 28.8 Å². The van der Waals surface area contributed by atoms with Crippen LogP contribution in [0.4, 0.5) is 5.69 Å². The summed E-state index contributed by atoms with van der Waals surface area (Å²) in [6.07, 6.45) is 0. The maximum absolute atomic E-state index is 8.74. The lowest BCUT2D eigenvalue weighted by Crippen LogP contribution is -2.23. The molecule has 0 spiro atoms. The van der Waals surface area contributed by atoms with E-state index in [-0.39, 0.29) is 5.92 Å². The third-order valence-corrected chi connectivity index (χ3v) is 2.59. The molecule has 4 heteroatoms. The van der Waals surface area contributed by atoms with Crippen LogP contribution in [-0.2, 0) is 0 Å². The highest BCUT2D eigenvalue weighted by Gasteiger charge is 2.08. The smallest absolute Gasteiger partial charge is 0.101 e. The molecule has 1 rings (SSSR count). The van der Waals surface area contributed by atoms with Gasteiger partial charge in [-0.15, -0.1) is 0 Å². The minimum absolute atomic E-state index is 0.0422. The second-order valence-electron chi connectivity index (χ2n) is 3.69. The Morgan fingerprint density at radius 1 is 1.44 bits per heavy atom. The van der Waals surface area contributed by atoms with E-state index in [1.165, 1.54) is 0 Å². The van der Waals surface area contributed by atoms with E-state index in [4.69, 9.17) is 22.1 Å². The average Bonchev–Trinajstić information content (AvgIpc) is 2.28. The van der Waals surface area contributed by atoms with E-state index in [2.05, 4.69) is 6.07 Å². The summed E-state index contributed by atoms with van der Waals surface area (Å²) < 4.78 is 0. The summed E-state index contributed by atoms with van der Waals surface area (Å²) in [5.41, 5.74) is 1.37. The molecule has 1 aromatic carbocycles. The maximum Gasteiger partial charge on any atom is 0.101 e. The van der Waals surface area contributed by atoms with Gasteiger partial charge in [0.2, 0.25) is 0 Å². The molecule has 0 radical (unpaired) electrons. The Balaban J connectivity index is 2.86. The Hall–Kier alpha value is -1.71. The molecule has 3 nitrogen and oxygen atoms in total. The third-order valence-electron chi connectivity index (χ3n) is 2.28. The Morgan fingerprint density at radius 3 is 2.62 bits per heavy atom. The van der Waals surface area contributed by atoms with Crippen LogP contribution in [0.25, 0.3) is 0 Å². The molecule has 0 bridgehead atoms. The number of halogens is 1. The summed E-state index contributed by atoms with van der Waals surface area (Å²) >= 11 is 5.93. The van der Waals surface area contributed by atoms with E-state index in [1.54, 1.807) is 12.1 Å². The number of nitriles is 2. The summed E-state index contributed by atoms with van der Waals surface area (Å²) in [7, 11) is 1.89. The molecular weight excluding hydrogens is 222 g/mol. The minimum Gasteiger partial charge on any atom is -0.373 e. The first kappa shape index (κ1) is 12.4. The van der Waals surface area contributed by atoms with Crippen molar-refractivity contribution in [3.8, 4) is 12.1 Å². The summed E-state index contributed by atoms with van der Waals surface area (Å²) in [6, 6.07) is 9.44. The Morgan fingerprint density at radius 2 is 2.12 bits per heavy atom. The van der Waals surface area contributed by atoms with Gasteiger partial charge in [0.15, 0.2) is 0 Å².